The van der Waals surface area contributed by atoms with Crippen LogP contribution in [0.4, 0.5) is 0 Å². The maximum atomic E-state index is 5.92. The van der Waals surface area contributed by atoms with E-state index < -0.39 is 0 Å². The standard InChI is InChI=1S/C21H24N2OS/c1-2-6-17(22-15-5-1)12-9-16-10-13-18(14-11-16)24-21-23-19-7-3-4-8-20(19)25-21/h3-4,7-8,10-11,13-14,17,22H,1-2,5-6,9,12,15H2. The molecule has 1 unspecified atom stereocenters. The summed E-state index contributed by atoms with van der Waals surface area (Å²) in [5.41, 5.74) is 2.37. The SMILES string of the molecule is c1ccc2sc(Oc3ccc(CCC4CCCCCN4)cc3)nc2c1. The van der Waals surface area contributed by atoms with Crippen molar-refractivity contribution in [3.05, 3.63) is 54.1 Å². The van der Waals surface area contributed by atoms with Crippen LogP contribution in [-0.4, -0.2) is 17.6 Å². The minimum Gasteiger partial charge on any atom is -0.431 e. The molecule has 0 spiro atoms. The van der Waals surface area contributed by atoms with Gasteiger partial charge in [-0.15, -0.1) is 0 Å². The fraction of sp³-hybridized carbons (Fsp3) is 0.381. The fourth-order valence-corrected chi connectivity index (χ4v) is 4.24. The summed E-state index contributed by atoms with van der Waals surface area (Å²) in [7, 11) is 0. The minimum absolute atomic E-state index is 0.682. The van der Waals surface area contributed by atoms with E-state index in [-0.39, 0.29) is 0 Å². The lowest BCUT2D eigenvalue weighted by atomic mass is 10.0. The third-order valence-electron chi connectivity index (χ3n) is 4.85. The van der Waals surface area contributed by atoms with Crippen LogP contribution in [0.25, 0.3) is 10.2 Å². The number of para-hydroxylation sites is 1. The lowest BCUT2D eigenvalue weighted by Crippen LogP contribution is -2.28. The molecule has 4 heteroatoms. The highest BCUT2D eigenvalue weighted by atomic mass is 32.1. The van der Waals surface area contributed by atoms with Gasteiger partial charge in [-0.25, -0.2) is 4.98 Å². The molecular weight excluding hydrogens is 328 g/mol. The first-order chi connectivity index (χ1) is 12.4. The van der Waals surface area contributed by atoms with Gasteiger partial charge in [-0.2, -0.15) is 0 Å². The molecule has 1 atom stereocenters. The zero-order chi connectivity index (χ0) is 16.9. The molecule has 1 aromatic heterocycles. The van der Waals surface area contributed by atoms with E-state index in [2.05, 4.69) is 40.6 Å². The van der Waals surface area contributed by atoms with Crippen molar-refractivity contribution < 1.29 is 4.74 Å². The van der Waals surface area contributed by atoms with Crippen molar-refractivity contribution >= 4 is 21.6 Å². The van der Waals surface area contributed by atoms with E-state index in [0.29, 0.717) is 11.2 Å². The molecule has 1 N–H and O–H groups in total. The Morgan fingerprint density at radius 2 is 1.92 bits per heavy atom. The molecule has 130 valence electrons. The Hall–Kier alpha value is -1.91. The van der Waals surface area contributed by atoms with Crippen molar-refractivity contribution in [1.29, 1.82) is 0 Å². The first kappa shape index (κ1) is 16.6. The minimum atomic E-state index is 0.682. The number of nitrogens with one attached hydrogen (secondary N) is 1. The molecule has 1 saturated heterocycles. The smallest absolute Gasteiger partial charge is 0.279 e. The van der Waals surface area contributed by atoms with Gasteiger partial charge in [-0.3, -0.25) is 0 Å². The predicted molar refractivity (Wildman–Crippen MR) is 105 cm³/mol. The number of ether oxygens (including phenoxy) is 1. The highest BCUT2D eigenvalue weighted by Crippen LogP contribution is 2.31. The Labute approximate surface area is 153 Å². The number of nitrogens with zero attached hydrogens (tertiary/aromatic N) is 1. The Bertz CT molecular complexity index is 771. The first-order valence-corrected chi connectivity index (χ1v) is 10.0. The third-order valence-corrected chi connectivity index (χ3v) is 5.76. The summed E-state index contributed by atoms with van der Waals surface area (Å²) in [6, 6.07) is 17.3. The molecule has 1 fully saturated rings. The van der Waals surface area contributed by atoms with E-state index in [1.54, 1.807) is 11.3 Å². The van der Waals surface area contributed by atoms with Crippen LogP contribution in [0.5, 0.6) is 10.9 Å². The van der Waals surface area contributed by atoms with Crippen molar-refractivity contribution in [2.75, 3.05) is 6.54 Å². The van der Waals surface area contributed by atoms with Crippen LogP contribution in [0, 0.1) is 0 Å². The van der Waals surface area contributed by atoms with Crippen molar-refractivity contribution in [2.45, 2.75) is 44.6 Å². The Morgan fingerprint density at radius 3 is 2.80 bits per heavy atom. The summed E-state index contributed by atoms with van der Waals surface area (Å²) in [6.07, 6.45) is 7.73. The summed E-state index contributed by atoms with van der Waals surface area (Å²) < 4.78 is 7.08. The number of hydrogen-bond donors (Lipinski definition) is 1. The maximum Gasteiger partial charge on any atom is 0.279 e. The van der Waals surface area contributed by atoms with Crippen LogP contribution in [0.3, 0.4) is 0 Å². The molecule has 1 aliphatic rings. The molecule has 0 radical (unpaired) electrons. The lowest BCUT2D eigenvalue weighted by Gasteiger charge is -2.15. The van der Waals surface area contributed by atoms with Crippen LogP contribution < -0.4 is 10.1 Å². The molecule has 2 aromatic carbocycles. The van der Waals surface area contributed by atoms with Gasteiger partial charge in [0.15, 0.2) is 0 Å². The first-order valence-electron chi connectivity index (χ1n) is 9.22. The number of thiazole rings is 1. The molecule has 2 heterocycles. The van der Waals surface area contributed by atoms with Gasteiger partial charge in [0.25, 0.3) is 5.19 Å². The van der Waals surface area contributed by atoms with E-state index in [0.717, 1.165) is 22.4 Å². The van der Waals surface area contributed by atoms with Crippen LogP contribution in [0.1, 0.15) is 37.7 Å². The molecule has 0 aliphatic carbocycles. The van der Waals surface area contributed by atoms with Crippen molar-refractivity contribution in [3.63, 3.8) is 0 Å². The Balaban J connectivity index is 1.34. The highest BCUT2D eigenvalue weighted by Gasteiger charge is 2.11. The van der Waals surface area contributed by atoms with Gasteiger partial charge in [-0.1, -0.05) is 48.4 Å². The number of aromatic nitrogens is 1. The summed E-state index contributed by atoms with van der Waals surface area (Å²) in [4.78, 5) is 4.52. The second-order valence-corrected chi connectivity index (χ2v) is 7.73. The monoisotopic (exact) mass is 352 g/mol. The van der Waals surface area contributed by atoms with E-state index in [1.165, 1.54) is 44.2 Å². The van der Waals surface area contributed by atoms with Gasteiger partial charge < -0.3 is 10.1 Å². The number of benzene rings is 2. The molecule has 0 saturated carbocycles. The van der Waals surface area contributed by atoms with Crippen LogP contribution in [-0.2, 0) is 6.42 Å². The predicted octanol–water partition coefficient (Wildman–Crippen LogP) is 5.55. The van der Waals surface area contributed by atoms with Crippen molar-refractivity contribution in [3.8, 4) is 10.9 Å². The molecule has 3 nitrogen and oxygen atoms in total. The lowest BCUT2D eigenvalue weighted by molar-refractivity contribution is 0.475. The van der Waals surface area contributed by atoms with E-state index in [4.69, 9.17) is 4.74 Å². The van der Waals surface area contributed by atoms with Gasteiger partial charge in [0.05, 0.1) is 10.2 Å². The molecule has 3 aromatic rings. The van der Waals surface area contributed by atoms with Gasteiger partial charge >= 0.3 is 0 Å². The summed E-state index contributed by atoms with van der Waals surface area (Å²) in [5.74, 6) is 0.857. The maximum absolute atomic E-state index is 5.92. The van der Waals surface area contributed by atoms with Crippen LogP contribution in [0.15, 0.2) is 48.5 Å². The zero-order valence-electron chi connectivity index (χ0n) is 14.4. The van der Waals surface area contributed by atoms with Crippen molar-refractivity contribution in [2.24, 2.45) is 0 Å². The van der Waals surface area contributed by atoms with E-state index in [9.17, 15) is 0 Å². The van der Waals surface area contributed by atoms with E-state index >= 15 is 0 Å². The summed E-state index contributed by atoms with van der Waals surface area (Å²) in [6.45, 7) is 1.18. The average Bonchev–Trinajstić information content (AvgIpc) is 2.86. The molecule has 0 amide bonds. The third kappa shape index (κ3) is 4.39. The quantitative estimate of drug-likeness (QED) is 0.653. The molecular formula is C21H24N2OS. The summed E-state index contributed by atoms with van der Waals surface area (Å²) in [5, 5.41) is 4.38. The molecule has 4 rings (SSSR count). The number of rotatable bonds is 5. The zero-order valence-corrected chi connectivity index (χ0v) is 15.2. The number of aryl methyl sites for hydroxylation is 1. The van der Waals surface area contributed by atoms with Crippen molar-refractivity contribution in [1.82, 2.24) is 10.3 Å². The highest BCUT2D eigenvalue weighted by molar-refractivity contribution is 7.20. The molecule has 25 heavy (non-hydrogen) atoms. The van der Waals surface area contributed by atoms with Crippen LogP contribution in [0.2, 0.25) is 0 Å². The van der Waals surface area contributed by atoms with Gasteiger partial charge in [0.1, 0.15) is 5.75 Å². The van der Waals surface area contributed by atoms with Gasteiger partial charge in [0, 0.05) is 6.04 Å². The second kappa shape index (κ2) is 7.98. The molecule has 1 aliphatic heterocycles. The van der Waals surface area contributed by atoms with Crippen LogP contribution >= 0.6 is 11.3 Å². The number of fused-ring (bicyclic) bond motifs is 1. The number of hydrogen-bond acceptors (Lipinski definition) is 4. The van der Waals surface area contributed by atoms with Gasteiger partial charge in [0.2, 0.25) is 0 Å². The Morgan fingerprint density at radius 1 is 1.04 bits per heavy atom. The fourth-order valence-electron chi connectivity index (χ4n) is 3.41. The normalized spacial score (nSPS) is 18.2. The topological polar surface area (TPSA) is 34.1 Å². The van der Waals surface area contributed by atoms with Gasteiger partial charge in [-0.05, 0) is 62.1 Å². The molecule has 0 bridgehead atoms. The van der Waals surface area contributed by atoms with E-state index in [1.807, 2.05) is 18.2 Å². The largest absolute Gasteiger partial charge is 0.431 e. The average molecular weight is 353 g/mol. The Kier molecular flexibility index (Phi) is 5.28. The second-order valence-electron chi connectivity index (χ2n) is 6.73. The summed E-state index contributed by atoms with van der Waals surface area (Å²) >= 11 is 1.59.